The van der Waals surface area contributed by atoms with Crippen LogP contribution < -0.4 is 5.32 Å². The molecule has 19 heavy (non-hydrogen) atoms. The normalized spacial score (nSPS) is 14.6. The predicted octanol–water partition coefficient (Wildman–Crippen LogP) is 2.06. The second-order valence-electron chi connectivity index (χ2n) is 4.56. The highest BCUT2D eigenvalue weighted by Crippen LogP contribution is 2.27. The van der Waals surface area contributed by atoms with Crippen molar-refractivity contribution in [3.8, 4) is 0 Å². The van der Waals surface area contributed by atoms with Crippen LogP contribution in [-0.2, 0) is 4.79 Å². The standard InChI is InChI=1S/C14H14FNO3/c15-12-5-3-9(4-6-13(17)18)7-11(12)14(19)16-8-10-1-2-10/h3-7,10H,1-2,8H2,(H,16,19)(H,17,18). The smallest absolute Gasteiger partial charge is 0.328 e. The van der Waals surface area contributed by atoms with Gasteiger partial charge in [-0.15, -0.1) is 0 Å². The molecule has 1 aliphatic rings. The first-order chi connectivity index (χ1) is 9.06. The number of rotatable bonds is 5. The molecule has 0 atom stereocenters. The van der Waals surface area contributed by atoms with Crippen LogP contribution in [0.4, 0.5) is 4.39 Å². The Kier molecular flexibility index (Phi) is 3.94. The number of carbonyl (C=O) groups is 2. The van der Waals surface area contributed by atoms with Crippen molar-refractivity contribution >= 4 is 18.0 Å². The summed E-state index contributed by atoms with van der Waals surface area (Å²) < 4.78 is 13.6. The van der Waals surface area contributed by atoms with Crippen LogP contribution in [-0.4, -0.2) is 23.5 Å². The summed E-state index contributed by atoms with van der Waals surface area (Å²) in [5.74, 6) is -1.65. The number of carboxylic acid groups (broad SMARTS) is 1. The van der Waals surface area contributed by atoms with Crippen molar-refractivity contribution in [2.75, 3.05) is 6.54 Å². The van der Waals surface area contributed by atoms with E-state index in [2.05, 4.69) is 5.32 Å². The quantitative estimate of drug-likeness (QED) is 0.799. The number of hydrogen-bond acceptors (Lipinski definition) is 2. The van der Waals surface area contributed by atoms with E-state index < -0.39 is 17.7 Å². The molecular formula is C14H14FNO3. The van der Waals surface area contributed by atoms with Gasteiger partial charge in [-0.3, -0.25) is 4.79 Å². The van der Waals surface area contributed by atoms with Crippen LogP contribution in [0.2, 0.25) is 0 Å². The molecule has 1 aromatic carbocycles. The second-order valence-corrected chi connectivity index (χ2v) is 4.56. The van der Waals surface area contributed by atoms with Gasteiger partial charge in [-0.1, -0.05) is 6.07 Å². The Morgan fingerprint density at radius 3 is 2.79 bits per heavy atom. The SMILES string of the molecule is O=C(O)C=Cc1ccc(F)c(C(=O)NCC2CC2)c1. The van der Waals surface area contributed by atoms with Crippen molar-refractivity contribution < 1.29 is 19.1 Å². The highest BCUT2D eigenvalue weighted by Gasteiger charge is 2.22. The monoisotopic (exact) mass is 263 g/mol. The van der Waals surface area contributed by atoms with Crippen LogP contribution in [0.5, 0.6) is 0 Å². The van der Waals surface area contributed by atoms with Crippen LogP contribution in [0.25, 0.3) is 6.08 Å². The molecule has 1 amide bonds. The Balaban J connectivity index is 2.10. The minimum atomic E-state index is -1.09. The molecule has 0 radical (unpaired) electrons. The summed E-state index contributed by atoms with van der Waals surface area (Å²) in [5, 5.41) is 11.2. The average Bonchev–Trinajstić information content (AvgIpc) is 3.19. The van der Waals surface area contributed by atoms with E-state index in [-0.39, 0.29) is 5.56 Å². The van der Waals surface area contributed by atoms with E-state index in [0.29, 0.717) is 18.0 Å². The minimum absolute atomic E-state index is 0.0619. The Bertz CT molecular complexity index is 535. The number of carbonyl (C=O) groups excluding carboxylic acids is 1. The Hall–Kier alpha value is -2.17. The molecule has 0 spiro atoms. The topological polar surface area (TPSA) is 66.4 Å². The first kappa shape index (κ1) is 13.3. The van der Waals surface area contributed by atoms with Gasteiger partial charge in [-0.05, 0) is 42.5 Å². The summed E-state index contributed by atoms with van der Waals surface area (Å²) in [5.41, 5.74) is 0.411. The molecule has 0 aliphatic heterocycles. The first-order valence-electron chi connectivity index (χ1n) is 6.05. The zero-order valence-corrected chi connectivity index (χ0v) is 10.2. The second kappa shape index (κ2) is 5.65. The van der Waals surface area contributed by atoms with Crippen LogP contribution in [0.15, 0.2) is 24.3 Å². The van der Waals surface area contributed by atoms with Gasteiger partial charge in [0.15, 0.2) is 0 Å². The van der Waals surface area contributed by atoms with Gasteiger partial charge in [0.2, 0.25) is 0 Å². The molecule has 0 heterocycles. The molecule has 5 heteroatoms. The summed E-state index contributed by atoms with van der Waals surface area (Å²) in [4.78, 5) is 22.2. The lowest BCUT2D eigenvalue weighted by Crippen LogP contribution is -2.26. The number of halogens is 1. The Labute approximate surface area is 109 Å². The van der Waals surface area contributed by atoms with Gasteiger partial charge >= 0.3 is 5.97 Å². The largest absolute Gasteiger partial charge is 0.478 e. The number of benzene rings is 1. The molecule has 4 nitrogen and oxygen atoms in total. The van der Waals surface area contributed by atoms with Crippen LogP contribution in [0, 0.1) is 11.7 Å². The molecule has 1 fully saturated rings. The van der Waals surface area contributed by atoms with Crippen molar-refractivity contribution in [3.63, 3.8) is 0 Å². The van der Waals surface area contributed by atoms with E-state index in [1.807, 2.05) is 0 Å². The molecule has 2 N–H and O–H groups in total. The van der Waals surface area contributed by atoms with E-state index in [4.69, 9.17) is 5.11 Å². The molecular weight excluding hydrogens is 249 g/mol. The van der Waals surface area contributed by atoms with Crippen molar-refractivity contribution in [1.29, 1.82) is 0 Å². The van der Waals surface area contributed by atoms with Gasteiger partial charge in [0, 0.05) is 12.6 Å². The third kappa shape index (κ3) is 3.91. The average molecular weight is 263 g/mol. The number of hydrogen-bond donors (Lipinski definition) is 2. The van der Waals surface area contributed by atoms with E-state index in [0.717, 1.165) is 25.0 Å². The van der Waals surface area contributed by atoms with Gasteiger partial charge in [0.1, 0.15) is 5.82 Å². The van der Waals surface area contributed by atoms with Gasteiger partial charge < -0.3 is 10.4 Å². The lowest BCUT2D eigenvalue weighted by atomic mass is 10.1. The van der Waals surface area contributed by atoms with Gasteiger partial charge in [-0.2, -0.15) is 0 Å². The van der Waals surface area contributed by atoms with Crippen LogP contribution in [0.1, 0.15) is 28.8 Å². The number of carboxylic acids is 1. The molecule has 1 aliphatic carbocycles. The van der Waals surface area contributed by atoms with Gasteiger partial charge in [0.05, 0.1) is 5.56 Å². The number of aliphatic carboxylic acids is 1. The molecule has 100 valence electrons. The van der Waals surface area contributed by atoms with Crippen molar-refractivity contribution in [3.05, 3.63) is 41.2 Å². The summed E-state index contributed by atoms with van der Waals surface area (Å²) in [6.45, 7) is 0.563. The highest BCUT2D eigenvalue weighted by molar-refractivity contribution is 5.95. The van der Waals surface area contributed by atoms with Crippen molar-refractivity contribution in [2.24, 2.45) is 5.92 Å². The molecule has 2 rings (SSSR count). The third-order valence-electron chi connectivity index (χ3n) is 2.90. The highest BCUT2D eigenvalue weighted by atomic mass is 19.1. The first-order valence-corrected chi connectivity index (χ1v) is 6.05. The van der Waals surface area contributed by atoms with Gasteiger partial charge in [-0.25, -0.2) is 9.18 Å². The molecule has 0 bridgehead atoms. The summed E-state index contributed by atoms with van der Waals surface area (Å²) in [7, 11) is 0. The maximum absolute atomic E-state index is 13.6. The van der Waals surface area contributed by atoms with E-state index in [9.17, 15) is 14.0 Å². The number of nitrogens with one attached hydrogen (secondary N) is 1. The summed E-state index contributed by atoms with van der Waals surface area (Å²) in [6.07, 6.45) is 4.47. The van der Waals surface area contributed by atoms with Crippen LogP contribution in [0.3, 0.4) is 0 Å². The fraction of sp³-hybridized carbons (Fsp3) is 0.286. The molecule has 0 aromatic heterocycles. The van der Waals surface area contributed by atoms with Crippen molar-refractivity contribution in [1.82, 2.24) is 5.32 Å². The fourth-order valence-electron chi connectivity index (χ4n) is 1.64. The molecule has 1 aromatic rings. The zero-order chi connectivity index (χ0) is 13.8. The van der Waals surface area contributed by atoms with E-state index in [1.54, 1.807) is 0 Å². The van der Waals surface area contributed by atoms with E-state index in [1.165, 1.54) is 18.2 Å². The summed E-state index contributed by atoms with van der Waals surface area (Å²) >= 11 is 0. The van der Waals surface area contributed by atoms with Gasteiger partial charge in [0.25, 0.3) is 5.91 Å². The maximum atomic E-state index is 13.6. The van der Waals surface area contributed by atoms with Crippen LogP contribution >= 0.6 is 0 Å². The summed E-state index contributed by atoms with van der Waals surface area (Å²) in [6, 6.07) is 3.93. The Morgan fingerprint density at radius 2 is 2.16 bits per heavy atom. The van der Waals surface area contributed by atoms with Crippen molar-refractivity contribution in [2.45, 2.75) is 12.8 Å². The lowest BCUT2D eigenvalue weighted by molar-refractivity contribution is -0.131. The maximum Gasteiger partial charge on any atom is 0.328 e. The fourth-order valence-corrected chi connectivity index (χ4v) is 1.64. The predicted molar refractivity (Wildman–Crippen MR) is 68.1 cm³/mol. The minimum Gasteiger partial charge on any atom is -0.478 e. The zero-order valence-electron chi connectivity index (χ0n) is 10.2. The third-order valence-corrected chi connectivity index (χ3v) is 2.90. The number of amides is 1. The lowest BCUT2D eigenvalue weighted by Gasteiger charge is -2.06. The Morgan fingerprint density at radius 1 is 1.42 bits per heavy atom. The molecule has 0 saturated heterocycles. The van der Waals surface area contributed by atoms with E-state index >= 15 is 0 Å². The molecule has 1 saturated carbocycles. The molecule has 0 unspecified atom stereocenters.